The van der Waals surface area contributed by atoms with Crippen molar-refractivity contribution in [2.75, 3.05) is 5.73 Å². The first-order chi connectivity index (χ1) is 12.9. The van der Waals surface area contributed by atoms with E-state index in [1.807, 2.05) is 30.3 Å². The van der Waals surface area contributed by atoms with Crippen LogP contribution in [0.4, 0.5) is 28.6 Å². The monoisotopic (exact) mass is 367 g/mol. The van der Waals surface area contributed by atoms with Crippen molar-refractivity contribution < 1.29 is 9.85 Å². The molecule has 0 atom stereocenters. The highest BCUT2D eigenvalue weighted by Crippen LogP contribution is 2.35. The lowest BCUT2D eigenvalue weighted by atomic mass is 10.2. The molecule has 0 aliphatic carbocycles. The molecule has 2 aromatic carbocycles. The molecule has 0 bridgehead atoms. The number of non-ortho nitro benzene ring substituents is 1. The van der Waals surface area contributed by atoms with E-state index in [1.165, 1.54) is 4.68 Å². The van der Waals surface area contributed by atoms with Gasteiger partial charge in [0.2, 0.25) is 0 Å². The normalized spacial score (nSPS) is 11.0. The quantitative estimate of drug-likeness (QED) is 0.408. The number of benzene rings is 2. The van der Waals surface area contributed by atoms with E-state index in [0.717, 1.165) is 23.9 Å². The van der Waals surface area contributed by atoms with Crippen molar-refractivity contribution >= 4 is 28.6 Å². The minimum absolute atomic E-state index is 0.128. The Bertz CT molecular complexity index is 1060. The number of anilines is 1. The van der Waals surface area contributed by atoms with Crippen LogP contribution < -0.4 is 5.73 Å². The van der Waals surface area contributed by atoms with E-state index in [4.69, 9.17) is 5.73 Å². The van der Waals surface area contributed by atoms with Crippen molar-refractivity contribution in [3.05, 3.63) is 74.5 Å². The second-order valence-corrected chi connectivity index (χ2v) is 5.45. The summed E-state index contributed by atoms with van der Waals surface area (Å²) in [5.41, 5.74) is 6.48. The van der Waals surface area contributed by atoms with Crippen LogP contribution in [0.25, 0.3) is 5.69 Å². The molecule has 2 N–H and O–H groups in total. The van der Waals surface area contributed by atoms with Crippen LogP contribution in [0.5, 0.6) is 0 Å². The van der Waals surface area contributed by atoms with Crippen molar-refractivity contribution in [3.63, 3.8) is 0 Å². The largest absolute Gasteiger partial charge is 0.382 e. The molecule has 0 aliphatic heterocycles. The van der Waals surface area contributed by atoms with Crippen LogP contribution in [0.1, 0.15) is 5.69 Å². The van der Waals surface area contributed by atoms with Gasteiger partial charge in [0.1, 0.15) is 0 Å². The van der Waals surface area contributed by atoms with Gasteiger partial charge in [0, 0.05) is 6.07 Å². The molecule has 27 heavy (non-hydrogen) atoms. The fourth-order valence-corrected chi connectivity index (χ4v) is 2.39. The number of nitrogens with zero attached hydrogens (tertiary/aromatic N) is 6. The van der Waals surface area contributed by atoms with Gasteiger partial charge in [-0.2, -0.15) is 5.10 Å². The van der Waals surface area contributed by atoms with E-state index in [-0.39, 0.29) is 17.2 Å². The van der Waals surface area contributed by atoms with Crippen molar-refractivity contribution in [1.29, 1.82) is 0 Å². The zero-order valence-corrected chi connectivity index (χ0v) is 14.0. The van der Waals surface area contributed by atoms with Crippen molar-refractivity contribution in [1.82, 2.24) is 9.78 Å². The number of aromatic nitrogens is 2. The van der Waals surface area contributed by atoms with Gasteiger partial charge in [-0.1, -0.05) is 18.2 Å². The molecular weight excluding hydrogens is 354 g/mol. The van der Waals surface area contributed by atoms with Gasteiger partial charge in [0.05, 0.1) is 27.3 Å². The van der Waals surface area contributed by atoms with Crippen LogP contribution >= 0.6 is 0 Å². The lowest BCUT2D eigenvalue weighted by molar-refractivity contribution is -0.393. The Hall–Kier alpha value is -4.15. The summed E-state index contributed by atoms with van der Waals surface area (Å²) in [5.74, 6) is 0.215. The van der Waals surface area contributed by atoms with Gasteiger partial charge in [0.15, 0.2) is 17.2 Å². The summed E-state index contributed by atoms with van der Waals surface area (Å²) in [7, 11) is 0. The Kier molecular flexibility index (Phi) is 4.58. The van der Waals surface area contributed by atoms with Gasteiger partial charge >= 0.3 is 5.69 Å². The Morgan fingerprint density at radius 2 is 1.74 bits per heavy atom. The molecule has 0 saturated carbocycles. The average molecular weight is 367 g/mol. The highest BCUT2D eigenvalue weighted by atomic mass is 16.6. The van der Waals surface area contributed by atoms with E-state index in [2.05, 4.69) is 15.3 Å². The molecule has 1 heterocycles. The maximum absolute atomic E-state index is 11.2. The van der Waals surface area contributed by atoms with Gasteiger partial charge < -0.3 is 5.73 Å². The molecule has 0 fully saturated rings. The van der Waals surface area contributed by atoms with Crippen LogP contribution in [0.15, 0.2) is 58.8 Å². The van der Waals surface area contributed by atoms with E-state index in [9.17, 15) is 20.2 Å². The zero-order valence-electron chi connectivity index (χ0n) is 14.0. The van der Waals surface area contributed by atoms with Gasteiger partial charge in [0.25, 0.3) is 5.69 Å². The van der Waals surface area contributed by atoms with E-state index in [1.54, 1.807) is 6.92 Å². The number of nitrogen functional groups attached to an aromatic ring is 1. The fourth-order valence-electron chi connectivity index (χ4n) is 2.39. The Balaban J connectivity index is 2.01. The summed E-state index contributed by atoms with van der Waals surface area (Å²) in [4.78, 5) is 20.5. The van der Waals surface area contributed by atoms with Gasteiger partial charge in [-0.3, -0.25) is 20.2 Å². The third-order valence-electron chi connectivity index (χ3n) is 3.69. The van der Waals surface area contributed by atoms with Crippen LogP contribution in [-0.2, 0) is 0 Å². The number of aryl methyl sites for hydroxylation is 1. The third-order valence-corrected chi connectivity index (χ3v) is 3.69. The predicted molar refractivity (Wildman–Crippen MR) is 96.6 cm³/mol. The minimum Gasteiger partial charge on any atom is -0.382 e. The number of hydrogen-bond donors (Lipinski definition) is 1. The topological polar surface area (TPSA) is 155 Å². The standard InChI is InChI=1S/C16H13N7O4/c1-10-15(16(17)21(20-10)11-5-3-2-4-6-11)19-18-13-8-7-12(22(24)25)9-14(13)23(26)27/h2-9H,17H2,1H3/b19-18+. The highest BCUT2D eigenvalue weighted by Gasteiger charge is 2.20. The number of rotatable bonds is 5. The van der Waals surface area contributed by atoms with Crippen molar-refractivity contribution in [3.8, 4) is 5.69 Å². The summed E-state index contributed by atoms with van der Waals surface area (Å²) in [6, 6.07) is 12.2. The molecule has 0 saturated heterocycles. The zero-order chi connectivity index (χ0) is 19.6. The molecule has 11 nitrogen and oxygen atoms in total. The molecule has 3 rings (SSSR count). The molecule has 0 radical (unpaired) electrons. The van der Waals surface area contributed by atoms with Crippen LogP contribution in [-0.4, -0.2) is 19.6 Å². The molecular formula is C16H13N7O4. The number of nitro groups is 2. The first-order valence-electron chi connectivity index (χ1n) is 7.63. The second kappa shape index (κ2) is 7.00. The molecule has 0 unspecified atom stereocenters. The number of para-hydroxylation sites is 1. The summed E-state index contributed by atoms with van der Waals surface area (Å²) in [6.45, 7) is 1.68. The lowest BCUT2D eigenvalue weighted by Crippen LogP contribution is -2.01. The first kappa shape index (κ1) is 17.7. The fraction of sp³-hybridized carbons (Fsp3) is 0.0625. The molecule has 0 spiro atoms. The van der Waals surface area contributed by atoms with Gasteiger partial charge in [-0.15, -0.1) is 10.2 Å². The van der Waals surface area contributed by atoms with Crippen LogP contribution in [0.2, 0.25) is 0 Å². The number of nitrogens with two attached hydrogens (primary N) is 1. The predicted octanol–water partition coefficient (Wildman–Crippen LogP) is 3.99. The maximum Gasteiger partial charge on any atom is 0.303 e. The lowest BCUT2D eigenvalue weighted by Gasteiger charge is -2.02. The van der Waals surface area contributed by atoms with Gasteiger partial charge in [-0.05, 0) is 25.1 Å². The Morgan fingerprint density at radius 3 is 2.37 bits per heavy atom. The number of hydrogen-bond acceptors (Lipinski definition) is 8. The molecule has 0 amide bonds. The number of nitro benzene ring substituents is 2. The van der Waals surface area contributed by atoms with E-state index >= 15 is 0 Å². The average Bonchev–Trinajstić information content (AvgIpc) is 2.94. The molecule has 11 heteroatoms. The van der Waals surface area contributed by atoms with Crippen molar-refractivity contribution in [2.45, 2.75) is 6.92 Å². The molecule has 1 aromatic heterocycles. The minimum atomic E-state index is -0.759. The highest BCUT2D eigenvalue weighted by molar-refractivity contribution is 5.65. The third kappa shape index (κ3) is 3.46. The molecule has 3 aromatic rings. The van der Waals surface area contributed by atoms with E-state index < -0.39 is 21.2 Å². The van der Waals surface area contributed by atoms with Gasteiger partial charge in [-0.25, -0.2) is 4.68 Å². The maximum atomic E-state index is 11.2. The summed E-state index contributed by atoms with van der Waals surface area (Å²) in [6.07, 6.45) is 0. The number of azo groups is 1. The van der Waals surface area contributed by atoms with Crippen LogP contribution in [0.3, 0.4) is 0 Å². The smallest absolute Gasteiger partial charge is 0.303 e. The Labute approximate surface area is 152 Å². The molecule has 136 valence electrons. The summed E-state index contributed by atoms with van der Waals surface area (Å²) in [5, 5.41) is 34.1. The first-order valence-corrected chi connectivity index (χ1v) is 7.63. The Morgan fingerprint density at radius 1 is 1.04 bits per heavy atom. The SMILES string of the molecule is Cc1nn(-c2ccccc2)c(N)c1/N=N/c1ccc([N+](=O)[O-])cc1[N+](=O)[O-]. The summed E-state index contributed by atoms with van der Waals surface area (Å²) < 4.78 is 1.48. The molecule has 0 aliphatic rings. The van der Waals surface area contributed by atoms with Crippen molar-refractivity contribution in [2.24, 2.45) is 10.2 Å². The summed E-state index contributed by atoms with van der Waals surface area (Å²) >= 11 is 0. The van der Waals surface area contributed by atoms with Crippen LogP contribution in [0, 0.1) is 27.2 Å². The van der Waals surface area contributed by atoms with E-state index in [0.29, 0.717) is 5.69 Å². The second-order valence-electron chi connectivity index (χ2n) is 5.45.